The Kier molecular flexibility index (Phi) is 7.08. The summed E-state index contributed by atoms with van der Waals surface area (Å²) in [6.45, 7) is 1.76. The number of likely N-dealkylation sites (N-methyl/N-ethyl adjacent to an activating group) is 1. The highest BCUT2D eigenvalue weighted by atomic mass is 35.5. The molecule has 0 aliphatic carbocycles. The number of amides is 1. The van der Waals surface area contributed by atoms with Crippen molar-refractivity contribution in [3.05, 3.63) is 28.2 Å². The SMILES string of the molecule is COC[C@@H](C)NC(=O)CN(C)S(=O)(=O)c1cc(Cl)ccc1Cl. The molecular formula is C13H18Cl2N2O4S. The van der Waals surface area contributed by atoms with E-state index in [4.69, 9.17) is 27.9 Å². The lowest BCUT2D eigenvalue weighted by Crippen LogP contribution is -2.43. The number of methoxy groups -OCH3 is 1. The van der Waals surface area contributed by atoms with E-state index >= 15 is 0 Å². The van der Waals surface area contributed by atoms with E-state index in [-0.39, 0.29) is 27.5 Å². The molecule has 1 aromatic rings. The molecule has 0 saturated heterocycles. The number of ether oxygens (including phenoxy) is 1. The lowest BCUT2D eigenvalue weighted by atomic mass is 10.3. The van der Waals surface area contributed by atoms with Gasteiger partial charge in [-0.2, -0.15) is 4.31 Å². The molecule has 0 spiro atoms. The van der Waals surface area contributed by atoms with E-state index in [1.54, 1.807) is 6.92 Å². The lowest BCUT2D eigenvalue weighted by molar-refractivity contribution is -0.122. The van der Waals surface area contributed by atoms with Gasteiger partial charge in [-0.3, -0.25) is 4.79 Å². The summed E-state index contributed by atoms with van der Waals surface area (Å²) in [6, 6.07) is 3.91. The molecule has 6 nitrogen and oxygen atoms in total. The highest BCUT2D eigenvalue weighted by molar-refractivity contribution is 7.89. The van der Waals surface area contributed by atoms with Crippen molar-refractivity contribution in [2.45, 2.75) is 17.9 Å². The number of nitrogens with zero attached hydrogens (tertiary/aromatic N) is 1. The molecule has 0 bridgehead atoms. The van der Waals surface area contributed by atoms with Crippen molar-refractivity contribution in [3.63, 3.8) is 0 Å². The van der Waals surface area contributed by atoms with Gasteiger partial charge < -0.3 is 10.1 Å². The zero-order chi connectivity index (χ0) is 16.9. The van der Waals surface area contributed by atoms with Gasteiger partial charge in [0.25, 0.3) is 0 Å². The topological polar surface area (TPSA) is 75.7 Å². The van der Waals surface area contributed by atoms with Crippen LogP contribution in [0.3, 0.4) is 0 Å². The number of carbonyl (C=O) groups is 1. The summed E-state index contributed by atoms with van der Waals surface area (Å²) in [7, 11) is -1.10. The Labute approximate surface area is 140 Å². The van der Waals surface area contributed by atoms with E-state index in [9.17, 15) is 13.2 Å². The Morgan fingerprint density at radius 2 is 2.05 bits per heavy atom. The number of carbonyl (C=O) groups excluding carboxylic acids is 1. The van der Waals surface area contributed by atoms with Crippen molar-refractivity contribution in [2.75, 3.05) is 27.3 Å². The molecule has 0 radical (unpaired) electrons. The molecule has 1 rings (SSSR count). The maximum atomic E-state index is 12.4. The van der Waals surface area contributed by atoms with E-state index < -0.39 is 15.9 Å². The molecule has 22 heavy (non-hydrogen) atoms. The van der Waals surface area contributed by atoms with E-state index in [1.165, 1.54) is 32.4 Å². The maximum absolute atomic E-state index is 12.4. The third-order valence-electron chi connectivity index (χ3n) is 2.77. The van der Waals surface area contributed by atoms with Crippen molar-refractivity contribution in [3.8, 4) is 0 Å². The van der Waals surface area contributed by atoms with E-state index in [0.29, 0.717) is 6.61 Å². The second-order valence-corrected chi connectivity index (χ2v) is 7.62. The zero-order valence-corrected chi connectivity index (χ0v) is 14.8. The summed E-state index contributed by atoms with van der Waals surface area (Å²) in [6.07, 6.45) is 0. The van der Waals surface area contributed by atoms with Crippen LogP contribution in [-0.2, 0) is 19.6 Å². The molecule has 1 N–H and O–H groups in total. The maximum Gasteiger partial charge on any atom is 0.244 e. The predicted molar refractivity (Wildman–Crippen MR) is 85.8 cm³/mol. The van der Waals surface area contributed by atoms with Crippen LogP contribution >= 0.6 is 23.2 Å². The van der Waals surface area contributed by atoms with Gasteiger partial charge in [0.05, 0.1) is 18.2 Å². The molecule has 1 aromatic carbocycles. The molecule has 9 heteroatoms. The standard InChI is InChI=1S/C13H18Cl2N2O4S/c1-9(8-21-3)16-13(18)7-17(2)22(19,20)12-6-10(14)4-5-11(12)15/h4-6,9H,7-8H2,1-3H3,(H,16,18)/t9-/m1/s1. The van der Waals surface area contributed by atoms with Gasteiger partial charge in [0.2, 0.25) is 15.9 Å². The third-order valence-corrected chi connectivity index (χ3v) is 5.29. The molecule has 124 valence electrons. The Morgan fingerprint density at radius 1 is 1.41 bits per heavy atom. The quantitative estimate of drug-likeness (QED) is 0.795. The van der Waals surface area contributed by atoms with Crippen molar-refractivity contribution in [1.29, 1.82) is 0 Å². The van der Waals surface area contributed by atoms with Gasteiger partial charge in [-0.05, 0) is 25.1 Å². The van der Waals surface area contributed by atoms with Gasteiger partial charge in [-0.15, -0.1) is 0 Å². The molecule has 1 atom stereocenters. The summed E-state index contributed by atoms with van der Waals surface area (Å²) >= 11 is 11.7. The van der Waals surface area contributed by atoms with Crippen LogP contribution in [-0.4, -0.2) is 52.0 Å². The predicted octanol–water partition coefficient (Wildman–Crippen LogP) is 1.76. The fourth-order valence-corrected chi connectivity index (χ4v) is 3.60. The van der Waals surface area contributed by atoms with Crippen LogP contribution in [0.15, 0.2) is 23.1 Å². The number of sulfonamides is 1. The zero-order valence-electron chi connectivity index (χ0n) is 12.5. The van der Waals surface area contributed by atoms with Crippen LogP contribution in [0, 0.1) is 0 Å². The fourth-order valence-electron chi connectivity index (χ4n) is 1.74. The van der Waals surface area contributed by atoms with Gasteiger partial charge in [-0.1, -0.05) is 23.2 Å². The lowest BCUT2D eigenvalue weighted by Gasteiger charge is -2.19. The second kappa shape index (κ2) is 8.12. The van der Waals surface area contributed by atoms with Crippen molar-refractivity contribution in [2.24, 2.45) is 0 Å². The summed E-state index contributed by atoms with van der Waals surface area (Å²) in [4.78, 5) is 11.7. The fraction of sp³-hybridized carbons (Fsp3) is 0.462. The molecule has 0 aliphatic rings. The van der Waals surface area contributed by atoms with Crippen LogP contribution in [0.4, 0.5) is 0 Å². The van der Waals surface area contributed by atoms with Crippen LogP contribution in [0.2, 0.25) is 10.0 Å². The minimum atomic E-state index is -3.91. The van der Waals surface area contributed by atoms with Crippen molar-refractivity contribution >= 4 is 39.1 Å². The molecule has 0 saturated carbocycles. The number of halogens is 2. The Morgan fingerprint density at radius 3 is 2.64 bits per heavy atom. The summed E-state index contributed by atoms with van der Waals surface area (Å²) in [5.41, 5.74) is 0. The normalized spacial score (nSPS) is 13.2. The molecule has 0 fully saturated rings. The second-order valence-electron chi connectivity index (χ2n) is 4.76. The van der Waals surface area contributed by atoms with Crippen LogP contribution in [0.1, 0.15) is 6.92 Å². The number of benzene rings is 1. The summed E-state index contributed by atoms with van der Waals surface area (Å²) in [5.74, 6) is -0.436. The number of rotatable bonds is 7. The average Bonchev–Trinajstić information content (AvgIpc) is 2.41. The molecule has 0 aliphatic heterocycles. The van der Waals surface area contributed by atoms with E-state index in [0.717, 1.165) is 4.31 Å². The Balaban J connectivity index is 2.85. The molecule has 1 amide bonds. The first-order chi connectivity index (χ1) is 10.2. The van der Waals surface area contributed by atoms with Crippen molar-refractivity contribution in [1.82, 2.24) is 9.62 Å². The summed E-state index contributed by atoms with van der Waals surface area (Å²) in [5, 5.41) is 2.92. The minimum Gasteiger partial charge on any atom is -0.383 e. The van der Waals surface area contributed by atoms with E-state index in [2.05, 4.69) is 5.32 Å². The average molecular weight is 369 g/mol. The van der Waals surface area contributed by atoms with Crippen LogP contribution in [0.25, 0.3) is 0 Å². The number of hydrogen-bond donors (Lipinski definition) is 1. The first kappa shape index (κ1) is 19.2. The smallest absolute Gasteiger partial charge is 0.244 e. The largest absolute Gasteiger partial charge is 0.383 e. The van der Waals surface area contributed by atoms with Crippen LogP contribution in [0.5, 0.6) is 0 Å². The monoisotopic (exact) mass is 368 g/mol. The molecule has 0 aromatic heterocycles. The third kappa shape index (κ3) is 5.10. The first-order valence-corrected chi connectivity index (χ1v) is 8.57. The minimum absolute atomic E-state index is 0.0457. The van der Waals surface area contributed by atoms with Crippen molar-refractivity contribution < 1.29 is 17.9 Å². The highest BCUT2D eigenvalue weighted by Gasteiger charge is 2.26. The first-order valence-electron chi connectivity index (χ1n) is 6.38. The van der Waals surface area contributed by atoms with Gasteiger partial charge in [0.1, 0.15) is 4.90 Å². The van der Waals surface area contributed by atoms with Gasteiger partial charge in [-0.25, -0.2) is 8.42 Å². The Bertz CT molecular complexity index is 637. The van der Waals surface area contributed by atoms with Crippen LogP contribution < -0.4 is 5.32 Å². The number of hydrogen-bond acceptors (Lipinski definition) is 4. The molecular weight excluding hydrogens is 351 g/mol. The highest BCUT2D eigenvalue weighted by Crippen LogP contribution is 2.26. The Hall–Kier alpha value is -0.860. The molecule has 0 heterocycles. The van der Waals surface area contributed by atoms with Gasteiger partial charge in [0.15, 0.2) is 0 Å². The van der Waals surface area contributed by atoms with Gasteiger partial charge in [0, 0.05) is 25.2 Å². The molecule has 0 unspecified atom stereocenters. The van der Waals surface area contributed by atoms with Gasteiger partial charge >= 0.3 is 0 Å². The summed E-state index contributed by atoms with van der Waals surface area (Å²) < 4.78 is 30.7. The van der Waals surface area contributed by atoms with E-state index in [1.807, 2.05) is 0 Å². The number of nitrogens with one attached hydrogen (secondary N) is 1.